The van der Waals surface area contributed by atoms with Crippen molar-refractivity contribution in [2.45, 2.75) is 46.2 Å². The van der Waals surface area contributed by atoms with Crippen LogP contribution in [0.5, 0.6) is 0 Å². The lowest BCUT2D eigenvalue weighted by atomic mass is 9.94. The maximum absolute atomic E-state index is 10.5. The second-order valence-corrected chi connectivity index (χ2v) is 7.41. The van der Waals surface area contributed by atoms with Crippen LogP contribution in [0.25, 0.3) is 0 Å². The van der Waals surface area contributed by atoms with E-state index < -0.39 is 11.6 Å². The molecule has 13 nitrogen and oxygen atoms in total. The van der Waals surface area contributed by atoms with Crippen LogP contribution < -0.4 is 22.1 Å². The zero-order chi connectivity index (χ0) is 29.9. The highest BCUT2D eigenvalue weighted by Crippen LogP contribution is 2.20. The maximum Gasteiger partial charge on any atom is 0.405 e. The summed E-state index contributed by atoms with van der Waals surface area (Å²) in [6.07, 6.45) is -0.756. The molecule has 2 aromatic rings. The minimum atomic E-state index is -1.01. The Balaban J connectivity index is -0.0000000985. The first-order chi connectivity index (χ1) is 17.3. The molecule has 0 radical (unpaired) electrons. The Morgan fingerprint density at radius 3 is 1.23 bits per heavy atom. The van der Waals surface area contributed by atoms with Gasteiger partial charge in [0.15, 0.2) is 0 Å². The van der Waals surface area contributed by atoms with Gasteiger partial charge in [-0.05, 0) is 38.8 Å². The van der Waals surface area contributed by atoms with E-state index in [1.54, 1.807) is 0 Å². The summed E-state index contributed by atoms with van der Waals surface area (Å²) in [5, 5.41) is 27.9. The van der Waals surface area contributed by atoms with Crippen molar-refractivity contribution in [3.05, 3.63) is 84.2 Å². The van der Waals surface area contributed by atoms with Crippen LogP contribution in [0.1, 0.15) is 46.2 Å². The van der Waals surface area contributed by atoms with Gasteiger partial charge in [-0.1, -0.05) is 74.7 Å². The van der Waals surface area contributed by atoms with Crippen LogP contribution >= 0.6 is 0 Å². The lowest BCUT2D eigenvalue weighted by Gasteiger charge is -2.27. The third kappa shape index (κ3) is 29.2. The fraction of sp³-hybridized carbons (Fsp3) is 0.269. The van der Waals surface area contributed by atoms with Crippen LogP contribution in [0.15, 0.2) is 73.1 Å². The number of benzene rings is 2. The summed E-state index contributed by atoms with van der Waals surface area (Å²) in [4.78, 5) is 43.8. The van der Waals surface area contributed by atoms with Crippen LogP contribution in [0, 0.1) is 0 Å². The number of hydrogen-bond donors (Lipinski definition) is 7. The second kappa shape index (κ2) is 29.3. The van der Waals surface area contributed by atoms with E-state index in [0.29, 0.717) is 5.82 Å². The van der Waals surface area contributed by atoms with E-state index in [1.807, 2.05) is 69.2 Å². The lowest BCUT2D eigenvalue weighted by molar-refractivity contribution is -0.123. The number of nitrogens with one attached hydrogen (secondary N) is 2. The molecule has 0 aliphatic carbocycles. The van der Waals surface area contributed by atoms with E-state index in [0.717, 1.165) is 5.56 Å². The molecule has 0 aliphatic heterocycles. The largest absolute Gasteiger partial charge is 0.483 e. The first kappa shape index (κ1) is 47.3. The van der Waals surface area contributed by atoms with Crippen molar-refractivity contribution in [3.8, 4) is 0 Å². The van der Waals surface area contributed by atoms with Gasteiger partial charge in [-0.15, -0.1) is 0 Å². The summed E-state index contributed by atoms with van der Waals surface area (Å²) in [6, 6.07) is 19.6. The number of rotatable bonds is 5. The Morgan fingerprint density at radius 2 is 1.03 bits per heavy atom. The fourth-order valence-electron chi connectivity index (χ4n) is 2.52. The summed E-state index contributed by atoms with van der Waals surface area (Å²) >= 11 is 0. The zero-order valence-electron chi connectivity index (χ0n) is 22.0. The molecule has 2 aromatic carbocycles. The highest BCUT2D eigenvalue weighted by Gasteiger charge is 2.21. The van der Waals surface area contributed by atoms with Gasteiger partial charge in [0.05, 0.1) is 16.9 Å². The fourth-order valence-corrected chi connectivity index (χ4v) is 2.52. The monoisotopic (exact) mass is 556 g/mol. The van der Waals surface area contributed by atoms with Crippen molar-refractivity contribution in [1.29, 1.82) is 0 Å². The predicted octanol–water partition coefficient (Wildman–Crippen LogP) is 2.26. The molecule has 0 atom stereocenters. The van der Waals surface area contributed by atoms with Crippen LogP contribution in [0.3, 0.4) is 0 Å². The third-order valence-corrected chi connectivity index (χ3v) is 3.88. The summed E-state index contributed by atoms with van der Waals surface area (Å²) < 4.78 is 0. The van der Waals surface area contributed by atoms with Crippen molar-refractivity contribution in [1.82, 2.24) is 10.6 Å². The van der Waals surface area contributed by atoms with Gasteiger partial charge in [0.1, 0.15) is 6.79 Å². The van der Waals surface area contributed by atoms with Crippen LogP contribution in [-0.2, 0) is 30.3 Å². The highest BCUT2D eigenvalue weighted by molar-refractivity contribution is 5.66. The van der Waals surface area contributed by atoms with Gasteiger partial charge >= 0.3 is 6.09 Å². The van der Waals surface area contributed by atoms with Gasteiger partial charge in [-0.3, -0.25) is 14.4 Å². The molecule has 0 unspecified atom stereocenters. The van der Waals surface area contributed by atoms with E-state index >= 15 is 0 Å². The van der Waals surface area contributed by atoms with Crippen molar-refractivity contribution < 1.29 is 44.8 Å². The molecular formula is C26H44N4O9. The third-order valence-electron chi connectivity index (χ3n) is 3.88. The summed E-state index contributed by atoms with van der Waals surface area (Å²) in [7, 11) is 0. The Labute approximate surface area is 229 Å². The van der Waals surface area contributed by atoms with Crippen molar-refractivity contribution >= 4 is 32.2 Å². The number of carboxylic acid groups (broad SMARTS) is 3. The minimum absolute atomic E-state index is 0. The van der Waals surface area contributed by atoms with Crippen LogP contribution in [0.2, 0.25) is 0 Å². The summed E-state index contributed by atoms with van der Waals surface area (Å²) in [5.41, 5.74) is 11.1. The summed E-state index contributed by atoms with van der Waals surface area (Å²) in [6.45, 7) is 12.9. The Morgan fingerprint density at radius 1 is 0.795 bits per heavy atom. The van der Waals surface area contributed by atoms with Crippen molar-refractivity contribution in [3.63, 3.8) is 0 Å². The van der Waals surface area contributed by atoms with Gasteiger partial charge in [0, 0.05) is 0 Å². The normalized spacial score (nSPS) is 8.31. The van der Waals surface area contributed by atoms with Gasteiger partial charge in [0.2, 0.25) is 6.41 Å². The molecule has 0 spiro atoms. The van der Waals surface area contributed by atoms with Gasteiger partial charge in [-0.2, -0.15) is 0 Å². The molecule has 0 aromatic heterocycles. The molecule has 0 saturated heterocycles. The smallest absolute Gasteiger partial charge is 0.405 e. The number of amides is 2. The number of carbonyl (C=O) groups excluding carboxylic acids is 2. The van der Waals surface area contributed by atoms with E-state index in [4.69, 9.17) is 40.2 Å². The number of carbonyl (C=O) groups is 5. The zero-order valence-corrected chi connectivity index (χ0v) is 22.0. The highest BCUT2D eigenvalue weighted by atomic mass is 16.4. The van der Waals surface area contributed by atoms with Gasteiger partial charge < -0.3 is 47.7 Å². The molecule has 13 heteroatoms. The topological polar surface area (TPSA) is 254 Å². The molecule has 0 aliphatic rings. The number of primary amides is 1. The molecule has 39 heavy (non-hydrogen) atoms. The molecule has 0 saturated carbocycles. The number of nitrogens with two attached hydrogens (primary N) is 2. The van der Waals surface area contributed by atoms with Crippen molar-refractivity contribution in [2.24, 2.45) is 11.5 Å². The number of hydrogen-bond acceptors (Lipinski definition) is 7. The maximum atomic E-state index is 10.5. The van der Waals surface area contributed by atoms with E-state index in [-0.39, 0.29) is 37.8 Å². The lowest BCUT2D eigenvalue weighted by Crippen LogP contribution is -2.39. The van der Waals surface area contributed by atoms with E-state index in [2.05, 4.69) is 48.9 Å². The Kier molecular flexibility index (Phi) is 35.6. The Bertz CT molecular complexity index is 802. The van der Waals surface area contributed by atoms with Crippen molar-refractivity contribution in [2.75, 3.05) is 0 Å². The molecule has 0 heterocycles. The SMILES string of the molecule is C.C=C(N)NC(C)(C)c1ccccc1.C=O.CC(C)(NC(=O)O)c1ccccc1.NC=O.O.O=CO.O=CO. The molecule has 0 bridgehead atoms. The van der Waals surface area contributed by atoms with Crippen LogP contribution in [0.4, 0.5) is 4.79 Å². The average Bonchev–Trinajstić information content (AvgIpc) is 2.82. The molecule has 2 amide bonds. The average molecular weight is 557 g/mol. The predicted molar refractivity (Wildman–Crippen MR) is 152 cm³/mol. The molecule has 0 fully saturated rings. The first-order valence-electron chi connectivity index (χ1n) is 10.2. The standard InChI is InChI=1S/C11H16N2.C10H13NO2.CH3NO.2CH2O2.CH2O.CH4.H2O/c1-9(12)13-11(2,3)10-7-5-4-6-8-10;1-10(2,11-9(12)13)8-6-4-3-5-7-8;3*2-1-3;1-2;;/h4-8,13H,1,12H2,2-3H3;3-7,11H,1-2H3,(H,12,13);1H,(H2,2,3);2*1H,(H,2,3);1H2;1H4;1H2. The molecule has 2 rings (SSSR count). The summed E-state index contributed by atoms with van der Waals surface area (Å²) in [5.74, 6) is 0.494. The molecule has 11 N–H and O–H groups in total. The minimum Gasteiger partial charge on any atom is -0.483 e. The second-order valence-electron chi connectivity index (χ2n) is 7.41. The Hall–Kier alpha value is -4.91. The van der Waals surface area contributed by atoms with Gasteiger partial charge in [0.25, 0.3) is 12.9 Å². The quantitative estimate of drug-likeness (QED) is 0.264. The van der Waals surface area contributed by atoms with E-state index in [1.165, 1.54) is 5.56 Å². The van der Waals surface area contributed by atoms with Crippen LogP contribution in [-0.4, -0.2) is 53.0 Å². The van der Waals surface area contributed by atoms with E-state index in [9.17, 15) is 4.79 Å². The molecular weight excluding hydrogens is 512 g/mol. The first-order valence-corrected chi connectivity index (χ1v) is 10.2. The van der Waals surface area contributed by atoms with Gasteiger partial charge in [-0.25, -0.2) is 4.79 Å². The molecule has 222 valence electrons.